The van der Waals surface area contributed by atoms with Gasteiger partial charge in [-0.05, 0) is 70.3 Å². The lowest BCUT2D eigenvalue weighted by molar-refractivity contribution is 0.424. The van der Waals surface area contributed by atoms with Gasteiger partial charge in [0.25, 0.3) is 0 Å². The van der Waals surface area contributed by atoms with Gasteiger partial charge >= 0.3 is 0 Å². The van der Waals surface area contributed by atoms with E-state index >= 15 is 0 Å². The Morgan fingerprint density at radius 2 is 1.95 bits per heavy atom. The van der Waals surface area contributed by atoms with Gasteiger partial charge in [-0.15, -0.1) is 0 Å². The van der Waals surface area contributed by atoms with Crippen LogP contribution in [0, 0.1) is 9.49 Å². The Morgan fingerprint density at radius 1 is 1.10 bits per heavy atom. The van der Waals surface area contributed by atoms with Crippen molar-refractivity contribution in [2.75, 3.05) is 5.32 Å². The summed E-state index contributed by atoms with van der Waals surface area (Å²) in [7, 11) is 0. The molecule has 1 nitrogen and oxygen atoms in total. The minimum atomic E-state index is 0.369. The summed E-state index contributed by atoms with van der Waals surface area (Å²) in [5.74, 6) is 1.14. The third-order valence-electron chi connectivity index (χ3n) is 4.57. The van der Waals surface area contributed by atoms with Crippen LogP contribution in [0.1, 0.15) is 29.5 Å². The molecule has 2 aliphatic rings. The standard InChI is InChI=1S/C18H15BrIN/c19-16-7-2-1-4-14(16)18-13-6-3-5-12(13)15-10-11(20)8-9-17(15)21-18/h1-5,7-10,12-13,18,21H,6H2/t12-,13+,18-/m1/s1. The van der Waals surface area contributed by atoms with Crippen LogP contribution in [0.2, 0.25) is 0 Å². The molecule has 1 aliphatic carbocycles. The second kappa shape index (κ2) is 5.43. The molecular formula is C18H15BrIN. The zero-order valence-electron chi connectivity index (χ0n) is 11.4. The first kappa shape index (κ1) is 13.8. The molecule has 21 heavy (non-hydrogen) atoms. The molecule has 106 valence electrons. The summed E-state index contributed by atoms with van der Waals surface area (Å²) >= 11 is 6.12. The number of benzene rings is 2. The van der Waals surface area contributed by atoms with Crippen molar-refractivity contribution >= 4 is 44.2 Å². The van der Waals surface area contributed by atoms with Gasteiger partial charge in [-0.3, -0.25) is 0 Å². The normalized spacial score (nSPS) is 26.1. The van der Waals surface area contributed by atoms with Gasteiger partial charge in [0.05, 0.1) is 6.04 Å². The lowest BCUT2D eigenvalue weighted by Gasteiger charge is -2.38. The van der Waals surface area contributed by atoms with Crippen LogP contribution in [-0.2, 0) is 0 Å². The van der Waals surface area contributed by atoms with Crippen LogP contribution >= 0.6 is 38.5 Å². The summed E-state index contributed by atoms with van der Waals surface area (Å²) in [6.45, 7) is 0. The summed E-state index contributed by atoms with van der Waals surface area (Å²) < 4.78 is 2.51. The van der Waals surface area contributed by atoms with Gasteiger partial charge in [-0.2, -0.15) is 0 Å². The second-order valence-electron chi connectivity index (χ2n) is 5.73. The first-order chi connectivity index (χ1) is 10.2. The average molecular weight is 452 g/mol. The van der Waals surface area contributed by atoms with Crippen molar-refractivity contribution in [2.24, 2.45) is 5.92 Å². The van der Waals surface area contributed by atoms with E-state index in [4.69, 9.17) is 0 Å². The number of nitrogens with one attached hydrogen (secondary N) is 1. The van der Waals surface area contributed by atoms with Crippen LogP contribution in [-0.4, -0.2) is 0 Å². The molecule has 2 aromatic rings. The van der Waals surface area contributed by atoms with E-state index in [1.54, 1.807) is 0 Å². The summed E-state index contributed by atoms with van der Waals surface area (Å²) in [6.07, 6.45) is 5.88. The maximum Gasteiger partial charge on any atom is 0.0565 e. The highest BCUT2D eigenvalue weighted by atomic mass is 127. The van der Waals surface area contributed by atoms with Gasteiger partial charge in [0.15, 0.2) is 0 Å². The smallest absolute Gasteiger partial charge is 0.0565 e. The molecule has 4 rings (SSSR count). The lowest BCUT2D eigenvalue weighted by atomic mass is 9.77. The topological polar surface area (TPSA) is 12.0 Å². The molecule has 2 aromatic carbocycles. The zero-order valence-corrected chi connectivity index (χ0v) is 15.1. The van der Waals surface area contributed by atoms with E-state index in [0.29, 0.717) is 17.9 Å². The van der Waals surface area contributed by atoms with Crippen molar-refractivity contribution in [2.45, 2.75) is 18.4 Å². The van der Waals surface area contributed by atoms with Crippen molar-refractivity contribution in [1.29, 1.82) is 0 Å². The molecule has 0 spiro atoms. The number of rotatable bonds is 1. The number of anilines is 1. The van der Waals surface area contributed by atoms with Gasteiger partial charge in [-0.1, -0.05) is 46.3 Å². The molecule has 3 heteroatoms. The van der Waals surface area contributed by atoms with Crippen LogP contribution in [0.3, 0.4) is 0 Å². The average Bonchev–Trinajstić information content (AvgIpc) is 2.97. The van der Waals surface area contributed by atoms with E-state index in [0.717, 1.165) is 6.42 Å². The number of allylic oxidation sites excluding steroid dienone is 2. The van der Waals surface area contributed by atoms with Crippen LogP contribution in [0.4, 0.5) is 5.69 Å². The molecular weight excluding hydrogens is 437 g/mol. The van der Waals surface area contributed by atoms with Crippen LogP contribution < -0.4 is 5.32 Å². The second-order valence-corrected chi connectivity index (χ2v) is 7.83. The maximum absolute atomic E-state index is 3.78. The molecule has 0 saturated carbocycles. The van der Waals surface area contributed by atoms with E-state index in [2.05, 4.69) is 98.5 Å². The molecule has 3 atom stereocenters. The number of hydrogen-bond acceptors (Lipinski definition) is 1. The van der Waals surface area contributed by atoms with E-state index in [9.17, 15) is 0 Å². The Balaban J connectivity index is 1.82. The van der Waals surface area contributed by atoms with Crippen molar-refractivity contribution in [3.05, 3.63) is 73.8 Å². The third kappa shape index (κ3) is 2.34. The number of fused-ring (bicyclic) bond motifs is 3. The molecule has 0 saturated heterocycles. The summed E-state index contributed by atoms with van der Waals surface area (Å²) in [6, 6.07) is 15.7. The molecule has 1 aliphatic heterocycles. The summed E-state index contributed by atoms with van der Waals surface area (Å²) in [4.78, 5) is 0. The molecule has 1 heterocycles. The molecule has 0 fully saturated rings. The predicted octanol–water partition coefficient (Wildman–Crippen LogP) is 5.88. The third-order valence-corrected chi connectivity index (χ3v) is 5.96. The molecule has 0 aromatic heterocycles. The largest absolute Gasteiger partial charge is 0.378 e. The van der Waals surface area contributed by atoms with Crippen molar-refractivity contribution < 1.29 is 0 Å². The Hall–Kier alpha value is -0.810. The Labute approximate surface area is 147 Å². The minimum Gasteiger partial charge on any atom is -0.378 e. The van der Waals surface area contributed by atoms with Crippen LogP contribution in [0.5, 0.6) is 0 Å². The fraction of sp³-hybridized carbons (Fsp3) is 0.222. The maximum atomic E-state index is 3.78. The highest BCUT2D eigenvalue weighted by molar-refractivity contribution is 14.1. The molecule has 1 N–H and O–H groups in total. The fourth-order valence-electron chi connectivity index (χ4n) is 3.60. The summed E-state index contributed by atoms with van der Waals surface area (Å²) in [5.41, 5.74) is 4.09. The monoisotopic (exact) mass is 451 g/mol. The zero-order chi connectivity index (χ0) is 14.4. The molecule has 0 amide bonds. The van der Waals surface area contributed by atoms with E-state index in [-0.39, 0.29) is 0 Å². The van der Waals surface area contributed by atoms with E-state index < -0.39 is 0 Å². The first-order valence-electron chi connectivity index (χ1n) is 7.21. The van der Waals surface area contributed by atoms with Gasteiger partial charge in [0.1, 0.15) is 0 Å². The van der Waals surface area contributed by atoms with Crippen molar-refractivity contribution in [3.63, 3.8) is 0 Å². The number of halogens is 2. The fourth-order valence-corrected chi connectivity index (χ4v) is 4.65. The van der Waals surface area contributed by atoms with Crippen molar-refractivity contribution in [3.8, 4) is 0 Å². The Kier molecular flexibility index (Phi) is 3.58. The van der Waals surface area contributed by atoms with Gasteiger partial charge in [-0.25, -0.2) is 0 Å². The minimum absolute atomic E-state index is 0.369. The predicted molar refractivity (Wildman–Crippen MR) is 99.7 cm³/mol. The summed E-state index contributed by atoms with van der Waals surface area (Å²) in [5, 5.41) is 3.78. The van der Waals surface area contributed by atoms with Crippen LogP contribution in [0.15, 0.2) is 59.1 Å². The highest BCUT2D eigenvalue weighted by Gasteiger charge is 2.38. The molecule has 0 bridgehead atoms. The van der Waals surface area contributed by atoms with Gasteiger partial charge in [0.2, 0.25) is 0 Å². The van der Waals surface area contributed by atoms with Crippen molar-refractivity contribution in [1.82, 2.24) is 0 Å². The van der Waals surface area contributed by atoms with Gasteiger partial charge in [0, 0.05) is 19.6 Å². The van der Waals surface area contributed by atoms with E-state index in [1.807, 2.05) is 0 Å². The van der Waals surface area contributed by atoms with E-state index in [1.165, 1.54) is 24.9 Å². The first-order valence-corrected chi connectivity index (χ1v) is 9.08. The van der Waals surface area contributed by atoms with Crippen LogP contribution in [0.25, 0.3) is 0 Å². The lowest BCUT2D eigenvalue weighted by Crippen LogP contribution is -2.29. The number of hydrogen-bond donors (Lipinski definition) is 1. The Morgan fingerprint density at radius 3 is 2.81 bits per heavy atom. The molecule has 0 radical (unpaired) electrons. The SMILES string of the molecule is Brc1ccccc1[C@@H]1Nc2ccc(I)cc2[C@@H]2C=CC[C@@H]21. The highest BCUT2D eigenvalue weighted by Crippen LogP contribution is 2.50. The Bertz CT molecular complexity index is 725. The van der Waals surface area contributed by atoms with Gasteiger partial charge < -0.3 is 5.32 Å². The quantitative estimate of drug-likeness (QED) is 0.421. The molecule has 0 unspecified atom stereocenters.